The Bertz CT molecular complexity index is 988. The molecule has 9 nitrogen and oxygen atoms in total. The van der Waals surface area contributed by atoms with Crippen LogP contribution in [0.4, 0.5) is 5.95 Å². The number of carbonyl (C=O) groups excluding carboxylic acids is 1. The third-order valence-electron chi connectivity index (χ3n) is 4.96. The summed E-state index contributed by atoms with van der Waals surface area (Å²) in [6.07, 6.45) is 2.36. The lowest BCUT2D eigenvalue weighted by atomic mass is 10.1. The van der Waals surface area contributed by atoms with E-state index in [9.17, 15) is 13.2 Å². The largest absolute Gasteiger partial charge is 0.379 e. The zero-order valence-electron chi connectivity index (χ0n) is 15.2. The van der Waals surface area contributed by atoms with E-state index in [0.717, 1.165) is 11.3 Å². The van der Waals surface area contributed by atoms with E-state index in [1.54, 1.807) is 23.2 Å². The monoisotopic (exact) mass is 403 g/mol. The normalized spacial score (nSPS) is 17.9. The third-order valence-corrected chi connectivity index (χ3v) is 6.87. The van der Waals surface area contributed by atoms with Gasteiger partial charge in [-0.25, -0.2) is 18.4 Å². The first-order valence-electron chi connectivity index (χ1n) is 9.02. The van der Waals surface area contributed by atoms with E-state index >= 15 is 0 Å². The topological polar surface area (TPSA) is 119 Å². The zero-order valence-corrected chi connectivity index (χ0v) is 16.1. The molecule has 0 aliphatic carbocycles. The molecular weight excluding hydrogens is 382 g/mol. The Morgan fingerprint density at radius 2 is 1.82 bits per heavy atom. The van der Waals surface area contributed by atoms with Crippen LogP contribution in [0.15, 0.2) is 35.4 Å². The summed E-state index contributed by atoms with van der Waals surface area (Å²) in [5, 5.41) is 0. The van der Waals surface area contributed by atoms with Crippen LogP contribution in [0.1, 0.15) is 21.6 Å². The molecule has 4 rings (SSSR count). The van der Waals surface area contributed by atoms with Crippen LogP contribution < -0.4 is 5.73 Å². The predicted molar refractivity (Wildman–Crippen MR) is 101 cm³/mol. The first-order chi connectivity index (χ1) is 13.4. The molecule has 3 heterocycles. The van der Waals surface area contributed by atoms with Crippen molar-refractivity contribution in [3.8, 4) is 0 Å². The van der Waals surface area contributed by atoms with Crippen molar-refractivity contribution in [3.05, 3.63) is 47.3 Å². The average Bonchev–Trinajstić information content (AvgIpc) is 2.73. The van der Waals surface area contributed by atoms with Gasteiger partial charge < -0.3 is 15.4 Å². The molecule has 148 valence electrons. The molecule has 0 spiro atoms. The minimum Gasteiger partial charge on any atom is -0.379 e. The van der Waals surface area contributed by atoms with E-state index in [1.165, 1.54) is 16.4 Å². The molecule has 2 aliphatic heterocycles. The van der Waals surface area contributed by atoms with Gasteiger partial charge in [0, 0.05) is 31.4 Å². The second-order valence-electron chi connectivity index (χ2n) is 6.72. The van der Waals surface area contributed by atoms with Crippen LogP contribution in [0.3, 0.4) is 0 Å². The molecule has 28 heavy (non-hydrogen) atoms. The lowest BCUT2D eigenvalue weighted by Crippen LogP contribution is -2.40. The van der Waals surface area contributed by atoms with E-state index in [-0.39, 0.29) is 16.8 Å². The molecule has 0 radical (unpaired) electrons. The van der Waals surface area contributed by atoms with Crippen LogP contribution in [-0.4, -0.2) is 66.3 Å². The van der Waals surface area contributed by atoms with Crippen LogP contribution in [0, 0.1) is 0 Å². The van der Waals surface area contributed by atoms with E-state index < -0.39 is 10.0 Å². The third kappa shape index (κ3) is 3.58. The van der Waals surface area contributed by atoms with Crippen LogP contribution >= 0.6 is 0 Å². The summed E-state index contributed by atoms with van der Waals surface area (Å²) >= 11 is 0. The number of nitrogens with zero attached hydrogens (tertiary/aromatic N) is 4. The molecule has 0 atom stereocenters. The Hall–Kier alpha value is -2.56. The van der Waals surface area contributed by atoms with Crippen molar-refractivity contribution in [1.82, 2.24) is 19.2 Å². The molecule has 2 aliphatic rings. The van der Waals surface area contributed by atoms with Crippen LogP contribution in [0.2, 0.25) is 0 Å². The quantitative estimate of drug-likeness (QED) is 0.782. The van der Waals surface area contributed by atoms with Crippen molar-refractivity contribution >= 4 is 21.9 Å². The second kappa shape index (κ2) is 7.46. The highest BCUT2D eigenvalue weighted by Gasteiger charge is 2.27. The number of hydrogen-bond acceptors (Lipinski definition) is 7. The van der Waals surface area contributed by atoms with Gasteiger partial charge in [-0.3, -0.25) is 4.79 Å². The fourth-order valence-electron chi connectivity index (χ4n) is 3.38. The molecule has 0 unspecified atom stereocenters. The zero-order chi connectivity index (χ0) is 19.7. The number of anilines is 1. The number of hydrogen-bond donors (Lipinski definition) is 1. The number of nitrogen functional groups attached to an aromatic ring is 1. The summed E-state index contributed by atoms with van der Waals surface area (Å²) in [4.78, 5) is 22.9. The molecular formula is C18H21N5O4S. The number of sulfonamides is 1. The maximum absolute atomic E-state index is 12.8. The highest BCUT2D eigenvalue weighted by molar-refractivity contribution is 7.89. The van der Waals surface area contributed by atoms with Gasteiger partial charge in [-0.2, -0.15) is 4.31 Å². The molecule has 2 N–H and O–H groups in total. The lowest BCUT2D eigenvalue weighted by Gasteiger charge is -2.28. The minimum absolute atomic E-state index is 0.168. The maximum atomic E-state index is 12.8. The number of ether oxygens (including phenoxy) is 1. The van der Waals surface area contributed by atoms with Crippen molar-refractivity contribution < 1.29 is 17.9 Å². The fraction of sp³-hybridized carbons (Fsp3) is 0.389. The number of aromatic nitrogens is 2. The molecule has 10 heteroatoms. The summed E-state index contributed by atoms with van der Waals surface area (Å²) in [7, 11) is -3.58. The van der Waals surface area contributed by atoms with Gasteiger partial charge in [-0.15, -0.1) is 0 Å². The van der Waals surface area contributed by atoms with Crippen LogP contribution in [-0.2, 0) is 27.7 Å². The number of fused-ring (bicyclic) bond motifs is 1. The number of morpholine rings is 1. The van der Waals surface area contributed by atoms with E-state index in [2.05, 4.69) is 9.97 Å². The summed E-state index contributed by atoms with van der Waals surface area (Å²) in [6.45, 7) is 2.35. The van der Waals surface area contributed by atoms with Gasteiger partial charge in [-0.1, -0.05) is 0 Å². The minimum atomic E-state index is -3.58. The molecule has 1 fully saturated rings. The molecule has 0 saturated carbocycles. The van der Waals surface area contributed by atoms with Crippen molar-refractivity contribution in [1.29, 1.82) is 0 Å². The number of amides is 1. The van der Waals surface area contributed by atoms with Crippen LogP contribution in [0.5, 0.6) is 0 Å². The number of nitrogens with two attached hydrogens (primary N) is 1. The van der Waals surface area contributed by atoms with Gasteiger partial charge in [0.2, 0.25) is 16.0 Å². The van der Waals surface area contributed by atoms with Crippen molar-refractivity contribution in [3.63, 3.8) is 0 Å². The molecule has 1 aromatic heterocycles. The average molecular weight is 403 g/mol. The Kier molecular flexibility index (Phi) is 5.00. The first-order valence-corrected chi connectivity index (χ1v) is 10.5. The summed E-state index contributed by atoms with van der Waals surface area (Å²) in [6, 6.07) is 6.07. The standard InChI is InChI=1S/C18H21N5O4S/c19-18-20-11-14-5-6-22(12-16(14)21-18)17(24)13-1-3-15(4-2-13)28(25,26)23-7-9-27-10-8-23/h1-4,11H,5-10,12H2,(H2,19,20,21). The van der Waals surface area contributed by atoms with Gasteiger partial charge in [0.05, 0.1) is 30.3 Å². The van der Waals surface area contributed by atoms with Gasteiger partial charge >= 0.3 is 0 Å². The molecule has 1 amide bonds. The summed E-state index contributed by atoms with van der Waals surface area (Å²) < 4.78 is 32.0. The summed E-state index contributed by atoms with van der Waals surface area (Å²) in [5.74, 6) is 0.0175. The van der Waals surface area contributed by atoms with Crippen LogP contribution in [0.25, 0.3) is 0 Å². The first kappa shape index (κ1) is 18.8. The molecule has 2 aromatic rings. The van der Waals surface area contributed by atoms with Gasteiger partial charge in [0.1, 0.15) is 0 Å². The van der Waals surface area contributed by atoms with Gasteiger partial charge in [0.15, 0.2) is 0 Å². The smallest absolute Gasteiger partial charge is 0.254 e. The molecule has 1 aromatic carbocycles. The fourth-order valence-corrected chi connectivity index (χ4v) is 4.79. The predicted octanol–water partition coefficient (Wildman–Crippen LogP) is 0.278. The number of benzene rings is 1. The van der Waals surface area contributed by atoms with Crippen molar-refractivity contribution in [2.45, 2.75) is 17.9 Å². The number of carbonyl (C=O) groups is 1. The molecule has 0 bridgehead atoms. The SMILES string of the molecule is Nc1ncc2c(n1)CN(C(=O)c1ccc(S(=O)(=O)N3CCOCC3)cc1)CC2. The molecule has 1 saturated heterocycles. The van der Waals surface area contributed by atoms with Crippen molar-refractivity contribution in [2.24, 2.45) is 0 Å². The highest BCUT2D eigenvalue weighted by atomic mass is 32.2. The van der Waals surface area contributed by atoms with Gasteiger partial charge in [-0.05, 0) is 36.2 Å². The van der Waals surface area contributed by atoms with E-state index in [0.29, 0.717) is 51.4 Å². The maximum Gasteiger partial charge on any atom is 0.254 e. The highest BCUT2D eigenvalue weighted by Crippen LogP contribution is 2.21. The van der Waals surface area contributed by atoms with E-state index in [4.69, 9.17) is 10.5 Å². The Morgan fingerprint density at radius 1 is 1.11 bits per heavy atom. The van der Waals surface area contributed by atoms with Crippen molar-refractivity contribution in [2.75, 3.05) is 38.6 Å². The Labute approximate surface area is 163 Å². The second-order valence-corrected chi connectivity index (χ2v) is 8.66. The Morgan fingerprint density at radius 3 is 2.54 bits per heavy atom. The lowest BCUT2D eigenvalue weighted by molar-refractivity contribution is 0.0730. The number of rotatable bonds is 3. The Balaban J connectivity index is 1.50. The summed E-state index contributed by atoms with van der Waals surface area (Å²) in [5.41, 5.74) is 7.82. The van der Waals surface area contributed by atoms with Gasteiger partial charge in [0.25, 0.3) is 5.91 Å². The van der Waals surface area contributed by atoms with E-state index in [1.807, 2.05) is 0 Å².